The number of aryl methyl sites for hydroxylation is 2. The molecule has 2 aromatic heterocycles. The Morgan fingerprint density at radius 3 is 1.74 bits per heavy atom. The van der Waals surface area contributed by atoms with Crippen LogP contribution in [-0.2, 0) is 30.7 Å². The molecular formula is C26H24N2O3. The molecule has 0 saturated heterocycles. The molecule has 0 fully saturated rings. The Kier molecular flexibility index (Phi) is 5.42. The fourth-order valence-electron chi connectivity index (χ4n) is 4.22. The van der Waals surface area contributed by atoms with E-state index in [4.69, 9.17) is 8.83 Å². The molecule has 0 radical (unpaired) electrons. The van der Waals surface area contributed by atoms with Crippen LogP contribution in [0, 0.1) is 0 Å². The molecule has 1 aliphatic rings. The van der Waals surface area contributed by atoms with Crippen molar-refractivity contribution in [3.63, 3.8) is 0 Å². The van der Waals surface area contributed by atoms with Gasteiger partial charge in [0.25, 0.3) is 0 Å². The Hall–Kier alpha value is -3.57. The highest BCUT2D eigenvalue weighted by molar-refractivity contribution is 6.03. The van der Waals surface area contributed by atoms with Crippen molar-refractivity contribution in [2.24, 2.45) is 0 Å². The van der Waals surface area contributed by atoms with Crippen LogP contribution in [-0.4, -0.2) is 17.4 Å². The van der Waals surface area contributed by atoms with Crippen LogP contribution < -0.4 is 4.90 Å². The van der Waals surface area contributed by atoms with Crippen LogP contribution in [0.2, 0.25) is 0 Å². The van der Waals surface area contributed by atoms with Crippen LogP contribution in [0.5, 0.6) is 0 Å². The van der Waals surface area contributed by atoms with Gasteiger partial charge in [-0.25, -0.2) is 0 Å². The molecule has 0 bridgehead atoms. The van der Waals surface area contributed by atoms with Gasteiger partial charge >= 0.3 is 0 Å². The zero-order valence-electron chi connectivity index (χ0n) is 17.2. The predicted octanol–water partition coefficient (Wildman–Crippen LogP) is 5.34. The van der Waals surface area contributed by atoms with Gasteiger partial charge in [-0.1, -0.05) is 36.4 Å². The molecule has 5 rings (SSSR count). The summed E-state index contributed by atoms with van der Waals surface area (Å²) in [5, 5.41) is 0. The maximum Gasteiger partial charge on any atom is 0.245 e. The van der Waals surface area contributed by atoms with Crippen LogP contribution in [0.1, 0.15) is 22.6 Å². The molecule has 4 aromatic rings. The molecule has 1 amide bonds. The van der Waals surface area contributed by atoms with Gasteiger partial charge in [0.15, 0.2) is 0 Å². The van der Waals surface area contributed by atoms with Crippen molar-refractivity contribution in [1.29, 1.82) is 0 Å². The summed E-state index contributed by atoms with van der Waals surface area (Å²) >= 11 is 0. The van der Waals surface area contributed by atoms with Crippen molar-refractivity contribution in [3.8, 4) is 0 Å². The third-order valence-corrected chi connectivity index (χ3v) is 5.66. The largest absolute Gasteiger partial charge is 0.468 e. The van der Waals surface area contributed by atoms with Crippen molar-refractivity contribution in [2.45, 2.75) is 25.9 Å². The van der Waals surface area contributed by atoms with E-state index < -0.39 is 0 Å². The zero-order valence-corrected chi connectivity index (χ0v) is 17.2. The predicted molar refractivity (Wildman–Crippen MR) is 119 cm³/mol. The SMILES string of the molecule is O=C(CN(Cc1ccco1)Cc1ccco1)N1c2ccccc2CCc2ccccc21. The molecule has 31 heavy (non-hydrogen) atoms. The number of hydrogen-bond acceptors (Lipinski definition) is 4. The average molecular weight is 412 g/mol. The molecule has 0 saturated carbocycles. The van der Waals surface area contributed by atoms with E-state index in [0.717, 1.165) is 35.7 Å². The molecule has 5 nitrogen and oxygen atoms in total. The Labute approximate surface area is 181 Å². The Bertz CT molecular complexity index is 1070. The molecule has 0 aliphatic carbocycles. The van der Waals surface area contributed by atoms with Crippen molar-refractivity contribution in [1.82, 2.24) is 4.90 Å². The second kappa shape index (κ2) is 8.66. The van der Waals surface area contributed by atoms with Crippen molar-refractivity contribution in [3.05, 3.63) is 108 Å². The maximum absolute atomic E-state index is 13.8. The first-order valence-electron chi connectivity index (χ1n) is 10.5. The molecule has 0 spiro atoms. The number of para-hydroxylation sites is 2. The Morgan fingerprint density at radius 1 is 0.742 bits per heavy atom. The topological polar surface area (TPSA) is 49.8 Å². The van der Waals surface area contributed by atoms with E-state index in [-0.39, 0.29) is 12.5 Å². The number of amides is 1. The minimum absolute atomic E-state index is 0.0277. The quantitative estimate of drug-likeness (QED) is 0.429. The molecule has 0 unspecified atom stereocenters. The third-order valence-electron chi connectivity index (χ3n) is 5.66. The Balaban J connectivity index is 1.47. The number of nitrogens with zero attached hydrogens (tertiary/aromatic N) is 2. The van der Waals surface area contributed by atoms with Gasteiger partial charge in [0.1, 0.15) is 11.5 Å². The first-order valence-corrected chi connectivity index (χ1v) is 10.5. The van der Waals surface area contributed by atoms with Gasteiger partial charge in [0.05, 0.1) is 43.5 Å². The zero-order chi connectivity index (χ0) is 21.0. The molecule has 3 heterocycles. The monoisotopic (exact) mass is 412 g/mol. The molecule has 156 valence electrons. The van der Waals surface area contributed by atoms with Gasteiger partial charge in [0.2, 0.25) is 5.91 Å². The lowest BCUT2D eigenvalue weighted by Gasteiger charge is -2.28. The van der Waals surface area contributed by atoms with Crippen LogP contribution in [0.3, 0.4) is 0 Å². The molecule has 0 N–H and O–H groups in total. The summed E-state index contributed by atoms with van der Waals surface area (Å²) < 4.78 is 11.1. The normalized spacial score (nSPS) is 13.0. The number of fused-ring (bicyclic) bond motifs is 2. The number of benzene rings is 2. The lowest BCUT2D eigenvalue weighted by atomic mass is 10.0. The van der Waals surface area contributed by atoms with E-state index >= 15 is 0 Å². The van der Waals surface area contributed by atoms with Gasteiger partial charge in [-0.2, -0.15) is 0 Å². The summed E-state index contributed by atoms with van der Waals surface area (Å²) in [5.41, 5.74) is 4.31. The Morgan fingerprint density at radius 2 is 1.26 bits per heavy atom. The number of furan rings is 2. The van der Waals surface area contributed by atoms with Crippen molar-refractivity contribution in [2.75, 3.05) is 11.4 Å². The van der Waals surface area contributed by atoms with Gasteiger partial charge in [-0.05, 0) is 60.4 Å². The second-order valence-corrected chi connectivity index (χ2v) is 7.79. The standard InChI is InChI=1S/C26H24N2O3/c29-26(19-27(17-22-9-5-15-30-22)18-23-10-6-16-31-23)28-24-11-3-1-7-20(24)13-14-21-8-2-4-12-25(21)28/h1-12,15-16H,13-14,17-19H2. The molecule has 2 aromatic carbocycles. The molecule has 1 aliphatic heterocycles. The number of rotatable bonds is 6. The van der Waals surface area contributed by atoms with E-state index in [1.165, 1.54) is 11.1 Å². The number of carbonyl (C=O) groups excluding carboxylic acids is 1. The first-order chi connectivity index (χ1) is 15.3. The summed E-state index contributed by atoms with van der Waals surface area (Å²) in [6.45, 7) is 1.29. The van der Waals surface area contributed by atoms with Gasteiger partial charge in [-0.15, -0.1) is 0 Å². The summed E-state index contributed by atoms with van der Waals surface area (Å²) in [6.07, 6.45) is 5.14. The highest BCUT2D eigenvalue weighted by Crippen LogP contribution is 2.36. The lowest BCUT2D eigenvalue weighted by molar-refractivity contribution is -0.119. The highest BCUT2D eigenvalue weighted by Gasteiger charge is 2.27. The molecule has 5 heteroatoms. The average Bonchev–Trinajstić information content (AvgIpc) is 3.45. The van der Waals surface area contributed by atoms with E-state index in [0.29, 0.717) is 13.1 Å². The molecular weight excluding hydrogens is 388 g/mol. The maximum atomic E-state index is 13.8. The summed E-state index contributed by atoms with van der Waals surface area (Å²) in [5.74, 6) is 1.66. The van der Waals surface area contributed by atoms with Gasteiger partial charge < -0.3 is 8.83 Å². The first kappa shape index (κ1) is 19.4. The number of hydrogen-bond donors (Lipinski definition) is 0. The molecule has 0 atom stereocenters. The van der Waals surface area contributed by atoms with Gasteiger partial charge in [0, 0.05) is 0 Å². The second-order valence-electron chi connectivity index (χ2n) is 7.79. The third kappa shape index (κ3) is 4.18. The number of anilines is 2. The van der Waals surface area contributed by atoms with E-state index in [9.17, 15) is 4.79 Å². The van der Waals surface area contributed by atoms with E-state index in [1.807, 2.05) is 65.6 Å². The summed E-state index contributed by atoms with van der Waals surface area (Å²) in [4.78, 5) is 17.7. The van der Waals surface area contributed by atoms with Crippen LogP contribution in [0.4, 0.5) is 11.4 Å². The minimum atomic E-state index is 0.0277. The van der Waals surface area contributed by atoms with E-state index in [1.54, 1.807) is 12.5 Å². The fourth-order valence-corrected chi connectivity index (χ4v) is 4.22. The number of carbonyl (C=O) groups is 1. The smallest absolute Gasteiger partial charge is 0.245 e. The van der Waals surface area contributed by atoms with Crippen LogP contribution >= 0.6 is 0 Å². The van der Waals surface area contributed by atoms with Gasteiger partial charge in [-0.3, -0.25) is 14.6 Å². The van der Waals surface area contributed by atoms with Crippen molar-refractivity contribution < 1.29 is 13.6 Å². The fraction of sp³-hybridized carbons (Fsp3) is 0.192. The summed E-state index contributed by atoms with van der Waals surface area (Å²) in [7, 11) is 0. The highest BCUT2D eigenvalue weighted by atomic mass is 16.3. The van der Waals surface area contributed by atoms with Crippen LogP contribution in [0.25, 0.3) is 0 Å². The summed E-state index contributed by atoms with van der Waals surface area (Å²) in [6, 6.07) is 24.0. The van der Waals surface area contributed by atoms with Crippen molar-refractivity contribution >= 4 is 17.3 Å². The lowest BCUT2D eigenvalue weighted by Crippen LogP contribution is -2.38. The van der Waals surface area contributed by atoms with E-state index in [2.05, 4.69) is 17.0 Å². The van der Waals surface area contributed by atoms with Crippen LogP contribution in [0.15, 0.2) is 94.2 Å². The minimum Gasteiger partial charge on any atom is -0.468 e.